The summed E-state index contributed by atoms with van der Waals surface area (Å²) in [6.45, 7) is 1.81. The Bertz CT molecular complexity index is 824. The minimum Gasteiger partial charge on any atom is -0.404 e. The molecule has 0 unspecified atom stereocenters. The van der Waals surface area contributed by atoms with Crippen molar-refractivity contribution in [1.82, 2.24) is 0 Å². The van der Waals surface area contributed by atoms with Crippen LogP contribution < -0.4 is 10.6 Å². The highest BCUT2D eigenvalue weighted by atomic mass is 19.1. The van der Waals surface area contributed by atoms with E-state index in [0.29, 0.717) is 5.69 Å². The van der Waals surface area contributed by atoms with E-state index in [1.807, 2.05) is 12.1 Å². The zero-order valence-corrected chi connectivity index (χ0v) is 14.5. The van der Waals surface area contributed by atoms with Gasteiger partial charge in [0, 0.05) is 42.7 Å². The lowest BCUT2D eigenvalue weighted by Gasteiger charge is -2.31. The van der Waals surface area contributed by atoms with Crippen LogP contribution in [0.25, 0.3) is 5.57 Å². The summed E-state index contributed by atoms with van der Waals surface area (Å²) in [6.07, 6.45) is 5.02. The van der Waals surface area contributed by atoms with Crippen LogP contribution in [0.5, 0.6) is 0 Å². The third kappa shape index (κ3) is 4.28. The van der Waals surface area contributed by atoms with Gasteiger partial charge in [0.15, 0.2) is 0 Å². The highest BCUT2D eigenvalue weighted by Crippen LogP contribution is 2.25. The third-order valence-corrected chi connectivity index (χ3v) is 4.60. The molecule has 26 heavy (non-hydrogen) atoms. The molecule has 132 valence electrons. The van der Waals surface area contributed by atoms with Crippen LogP contribution in [0.15, 0.2) is 59.7 Å². The summed E-state index contributed by atoms with van der Waals surface area (Å²) in [5.41, 5.74) is 9.33. The predicted octanol–water partition coefficient (Wildman–Crippen LogP) is 4.27. The Hall–Kier alpha value is -3.13. The number of rotatable bonds is 4. The van der Waals surface area contributed by atoms with Gasteiger partial charge in [-0.1, -0.05) is 12.1 Å². The van der Waals surface area contributed by atoms with Gasteiger partial charge in [-0.2, -0.15) is 5.26 Å². The summed E-state index contributed by atoms with van der Waals surface area (Å²) in [6, 6.07) is 16.5. The van der Waals surface area contributed by atoms with Gasteiger partial charge in [-0.15, -0.1) is 0 Å². The fourth-order valence-electron chi connectivity index (χ4n) is 3.02. The predicted molar refractivity (Wildman–Crippen MR) is 104 cm³/mol. The van der Waals surface area contributed by atoms with Gasteiger partial charge in [0.05, 0.1) is 11.8 Å². The van der Waals surface area contributed by atoms with E-state index in [4.69, 9.17) is 11.0 Å². The van der Waals surface area contributed by atoms with Crippen LogP contribution in [0.3, 0.4) is 0 Å². The first-order valence-corrected chi connectivity index (χ1v) is 8.66. The van der Waals surface area contributed by atoms with Gasteiger partial charge in [0.1, 0.15) is 5.82 Å². The Balaban J connectivity index is 1.68. The lowest BCUT2D eigenvalue weighted by molar-refractivity contribution is 0.488. The van der Waals surface area contributed by atoms with Crippen LogP contribution in [-0.2, 0) is 0 Å². The molecule has 2 aromatic rings. The molecular weight excluding hydrogens is 327 g/mol. The first-order chi connectivity index (χ1) is 12.7. The standard InChI is InChI=1S/C21H21FN4/c22-19-3-5-20(6-4-19)25-15-18(14-24)17-1-7-21(8-2-17)26-11-9-16(13-23)10-12-26/h1-8,14-16H,9-12,24H2. The molecule has 0 saturated carbocycles. The molecule has 1 heterocycles. The van der Waals surface area contributed by atoms with Crippen LogP contribution >= 0.6 is 0 Å². The summed E-state index contributed by atoms with van der Waals surface area (Å²) in [7, 11) is 0. The minimum atomic E-state index is -0.284. The summed E-state index contributed by atoms with van der Waals surface area (Å²) in [5, 5.41) is 9.00. The number of allylic oxidation sites excluding steroid dienone is 1. The number of halogens is 1. The third-order valence-electron chi connectivity index (χ3n) is 4.60. The van der Waals surface area contributed by atoms with Gasteiger partial charge in [-0.3, -0.25) is 4.99 Å². The van der Waals surface area contributed by atoms with E-state index in [1.54, 1.807) is 18.3 Å². The van der Waals surface area contributed by atoms with Gasteiger partial charge in [0.2, 0.25) is 0 Å². The number of hydrogen-bond acceptors (Lipinski definition) is 4. The van der Waals surface area contributed by atoms with E-state index >= 15 is 0 Å². The molecule has 1 fully saturated rings. The molecule has 1 saturated heterocycles. The van der Waals surface area contributed by atoms with E-state index in [0.717, 1.165) is 42.8 Å². The van der Waals surface area contributed by atoms with Crippen molar-refractivity contribution in [2.75, 3.05) is 18.0 Å². The fourth-order valence-corrected chi connectivity index (χ4v) is 3.02. The van der Waals surface area contributed by atoms with Crippen LogP contribution in [-0.4, -0.2) is 19.3 Å². The normalized spacial score (nSPS) is 16.0. The molecule has 0 aromatic heterocycles. The SMILES string of the molecule is N#CC1CCN(c2ccc(C(C=Nc3ccc(F)cc3)=CN)cc2)CC1. The molecule has 0 atom stereocenters. The molecule has 5 heteroatoms. The average molecular weight is 348 g/mol. The second kappa shape index (κ2) is 8.30. The van der Waals surface area contributed by atoms with Crippen molar-refractivity contribution in [1.29, 1.82) is 5.26 Å². The molecule has 2 N–H and O–H groups in total. The Labute approximate surface area is 153 Å². The summed E-state index contributed by atoms with van der Waals surface area (Å²) >= 11 is 0. The number of aliphatic imine (C=N–C) groups is 1. The van der Waals surface area contributed by atoms with Crippen molar-refractivity contribution in [3.8, 4) is 6.07 Å². The number of nitrogens with two attached hydrogens (primary N) is 1. The largest absolute Gasteiger partial charge is 0.404 e. The minimum absolute atomic E-state index is 0.181. The van der Waals surface area contributed by atoms with Gasteiger partial charge >= 0.3 is 0 Å². The summed E-state index contributed by atoms with van der Waals surface area (Å²) in [4.78, 5) is 6.65. The quantitative estimate of drug-likeness (QED) is 0.839. The maximum Gasteiger partial charge on any atom is 0.123 e. The smallest absolute Gasteiger partial charge is 0.123 e. The van der Waals surface area contributed by atoms with E-state index in [2.05, 4.69) is 28.1 Å². The molecule has 0 bridgehead atoms. The molecule has 0 amide bonds. The summed E-state index contributed by atoms with van der Waals surface area (Å²) in [5.74, 6) is -0.104. The Morgan fingerprint density at radius 2 is 1.77 bits per heavy atom. The van der Waals surface area contributed by atoms with E-state index in [1.165, 1.54) is 18.3 Å². The van der Waals surface area contributed by atoms with E-state index < -0.39 is 0 Å². The lowest BCUT2D eigenvalue weighted by atomic mass is 9.98. The molecule has 0 radical (unpaired) electrons. The van der Waals surface area contributed by atoms with Crippen LogP contribution in [0.2, 0.25) is 0 Å². The maximum atomic E-state index is 12.9. The Morgan fingerprint density at radius 1 is 1.12 bits per heavy atom. The molecule has 1 aliphatic heterocycles. The van der Waals surface area contributed by atoms with Gasteiger partial charge in [-0.25, -0.2) is 4.39 Å². The first-order valence-electron chi connectivity index (χ1n) is 8.66. The maximum absolute atomic E-state index is 12.9. The second-order valence-electron chi connectivity index (χ2n) is 6.29. The molecule has 3 rings (SSSR count). The van der Waals surface area contributed by atoms with E-state index in [-0.39, 0.29) is 11.7 Å². The zero-order valence-electron chi connectivity index (χ0n) is 14.5. The number of hydrogen-bond donors (Lipinski definition) is 1. The van der Waals surface area contributed by atoms with Crippen molar-refractivity contribution in [2.24, 2.45) is 16.6 Å². The second-order valence-corrected chi connectivity index (χ2v) is 6.29. The van der Waals surface area contributed by atoms with Crippen LogP contribution in [0.1, 0.15) is 18.4 Å². The summed E-state index contributed by atoms with van der Waals surface area (Å²) < 4.78 is 12.9. The lowest BCUT2D eigenvalue weighted by Crippen LogP contribution is -2.33. The van der Waals surface area contributed by atoms with Gasteiger partial charge in [-0.05, 0) is 54.8 Å². The molecule has 2 aromatic carbocycles. The number of piperidine rings is 1. The van der Waals surface area contributed by atoms with Crippen molar-refractivity contribution < 1.29 is 4.39 Å². The van der Waals surface area contributed by atoms with Crippen molar-refractivity contribution in [3.05, 3.63) is 66.1 Å². The fraction of sp³-hybridized carbons (Fsp3) is 0.238. The Morgan fingerprint density at radius 3 is 2.35 bits per heavy atom. The molecule has 0 spiro atoms. The number of nitrogens with zero attached hydrogens (tertiary/aromatic N) is 3. The van der Waals surface area contributed by atoms with Gasteiger partial charge in [0.25, 0.3) is 0 Å². The number of benzene rings is 2. The Kier molecular flexibility index (Phi) is 5.65. The van der Waals surface area contributed by atoms with E-state index in [9.17, 15) is 4.39 Å². The highest BCUT2D eigenvalue weighted by Gasteiger charge is 2.18. The average Bonchev–Trinajstić information content (AvgIpc) is 2.70. The topological polar surface area (TPSA) is 65.4 Å². The number of anilines is 1. The van der Waals surface area contributed by atoms with Crippen molar-refractivity contribution in [3.63, 3.8) is 0 Å². The molecule has 1 aliphatic rings. The van der Waals surface area contributed by atoms with Crippen molar-refractivity contribution >= 4 is 23.2 Å². The van der Waals surface area contributed by atoms with Crippen molar-refractivity contribution in [2.45, 2.75) is 12.8 Å². The number of nitriles is 1. The van der Waals surface area contributed by atoms with Crippen LogP contribution in [0, 0.1) is 23.1 Å². The zero-order chi connectivity index (χ0) is 18.4. The molecule has 4 nitrogen and oxygen atoms in total. The highest BCUT2D eigenvalue weighted by molar-refractivity contribution is 6.10. The monoisotopic (exact) mass is 348 g/mol. The van der Waals surface area contributed by atoms with Crippen LogP contribution in [0.4, 0.5) is 15.8 Å². The van der Waals surface area contributed by atoms with Gasteiger partial charge < -0.3 is 10.6 Å². The first kappa shape index (κ1) is 17.7. The molecule has 0 aliphatic carbocycles. The molecular formula is C21H21FN4.